The number of hydrogen-bond acceptors (Lipinski definition) is 2. The van der Waals surface area contributed by atoms with Gasteiger partial charge in [0.1, 0.15) is 0 Å². The van der Waals surface area contributed by atoms with Gasteiger partial charge in [-0.15, -0.1) is 0 Å². The Morgan fingerprint density at radius 2 is 2.05 bits per heavy atom. The summed E-state index contributed by atoms with van der Waals surface area (Å²) in [6, 6.07) is 5.98. The average Bonchev–Trinajstić information content (AvgIpc) is 2.72. The summed E-state index contributed by atoms with van der Waals surface area (Å²) < 4.78 is 0. The summed E-state index contributed by atoms with van der Waals surface area (Å²) in [5.41, 5.74) is 2.95. The lowest BCUT2D eigenvalue weighted by atomic mass is 9.89. The normalized spacial score (nSPS) is 19.5. The molecule has 1 amide bonds. The maximum atomic E-state index is 12.8. The van der Waals surface area contributed by atoms with Gasteiger partial charge in [-0.3, -0.25) is 4.79 Å². The monoisotopic (exact) mass is 288 g/mol. The van der Waals surface area contributed by atoms with E-state index in [2.05, 4.69) is 19.2 Å². The van der Waals surface area contributed by atoms with Crippen molar-refractivity contribution in [1.29, 1.82) is 0 Å². The van der Waals surface area contributed by atoms with E-state index < -0.39 is 0 Å². The molecule has 0 aromatic heterocycles. The first-order valence-electron chi connectivity index (χ1n) is 8.10. The highest BCUT2D eigenvalue weighted by atomic mass is 16.2. The lowest BCUT2D eigenvalue weighted by Gasteiger charge is -2.22. The summed E-state index contributed by atoms with van der Waals surface area (Å²) in [5, 5.41) is 3.12. The van der Waals surface area contributed by atoms with Crippen LogP contribution in [0.1, 0.15) is 49.0 Å². The molecule has 1 saturated heterocycles. The van der Waals surface area contributed by atoms with Gasteiger partial charge in [0.2, 0.25) is 0 Å². The number of nitrogens with zero attached hydrogens (tertiary/aromatic N) is 1. The minimum Gasteiger partial charge on any atom is -0.388 e. The molecule has 1 N–H and O–H groups in total. The number of rotatable bonds is 3. The van der Waals surface area contributed by atoms with Gasteiger partial charge in [0, 0.05) is 31.4 Å². The fraction of sp³-hybridized carbons (Fsp3) is 0.611. The van der Waals surface area contributed by atoms with Gasteiger partial charge in [-0.1, -0.05) is 13.8 Å². The molecule has 0 saturated carbocycles. The smallest absolute Gasteiger partial charge is 0.254 e. The molecule has 0 radical (unpaired) electrons. The molecule has 21 heavy (non-hydrogen) atoms. The van der Waals surface area contributed by atoms with Gasteiger partial charge in [-0.05, 0) is 61.8 Å². The molecule has 3 heteroatoms. The predicted octanol–water partition coefficient (Wildman–Crippen LogP) is 3.94. The van der Waals surface area contributed by atoms with E-state index in [9.17, 15) is 4.79 Å². The van der Waals surface area contributed by atoms with E-state index in [0.717, 1.165) is 54.6 Å². The third-order valence-corrected chi connectivity index (χ3v) is 4.75. The van der Waals surface area contributed by atoms with Crippen LogP contribution < -0.4 is 5.32 Å². The maximum absolute atomic E-state index is 12.8. The molecule has 1 fully saturated rings. The van der Waals surface area contributed by atoms with Gasteiger partial charge in [-0.25, -0.2) is 0 Å². The largest absolute Gasteiger partial charge is 0.388 e. The van der Waals surface area contributed by atoms with Crippen molar-refractivity contribution in [1.82, 2.24) is 4.90 Å². The van der Waals surface area contributed by atoms with Crippen molar-refractivity contribution in [3.63, 3.8) is 0 Å². The van der Waals surface area contributed by atoms with Crippen LogP contribution in [0.25, 0.3) is 0 Å². The standard InChI is InChI=1S/C18H28N2O/c1-13(2)15-6-5-10-20(11-9-15)18(21)17-8-7-16(19-4)12-14(17)3/h7-8,12-13,15,19H,5-6,9-11H2,1-4H3. The molecule has 1 aliphatic heterocycles. The van der Waals surface area contributed by atoms with Crippen molar-refractivity contribution in [3.05, 3.63) is 29.3 Å². The number of anilines is 1. The number of aryl methyl sites for hydroxylation is 1. The molecule has 3 nitrogen and oxygen atoms in total. The summed E-state index contributed by atoms with van der Waals surface area (Å²) in [4.78, 5) is 14.8. The van der Waals surface area contributed by atoms with Crippen LogP contribution in [-0.4, -0.2) is 30.9 Å². The Labute approximate surface area is 128 Å². The number of carbonyl (C=O) groups excluding carboxylic acids is 1. The number of carbonyl (C=O) groups is 1. The Kier molecular flexibility index (Phi) is 5.27. The van der Waals surface area contributed by atoms with Crippen molar-refractivity contribution in [2.45, 2.75) is 40.0 Å². The molecular weight excluding hydrogens is 260 g/mol. The van der Waals surface area contributed by atoms with Gasteiger partial charge in [-0.2, -0.15) is 0 Å². The fourth-order valence-electron chi connectivity index (χ4n) is 3.22. The van der Waals surface area contributed by atoms with Crippen molar-refractivity contribution in [2.75, 3.05) is 25.5 Å². The Hall–Kier alpha value is -1.51. The maximum Gasteiger partial charge on any atom is 0.254 e. The predicted molar refractivity (Wildman–Crippen MR) is 88.8 cm³/mol. The third kappa shape index (κ3) is 3.78. The van der Waals surface area contributed by atoms with Crippen LogP contribution in [0.15, 0.2) is 18.2 Å². The van der Waals surface area contributed by atoms with Crippen LogP contribution in [0.4, 0.5) is 5.69 Å². The highest BCUT2D eigenvalue weighted by Gasteiger charge is 2.23. The van der Waals surface area contributed by atoms with Gasteiger partial charge in [0.15, 0.2) is 0 Å². The van der Waals surface area contributed by atoms with Crippen LogP contribution in [0.2, 0.25) is 0 Å². The topological polar surface area (TPSA) is 32.3 Å². The third-order valence-electron chi connectivity index (χ3n) is 4.75. The van der Waals surface area contributed by atoms with Crippen molar-refractivity contribution in [3.8, 4) is 0 Å². The molecule has 2 rings (SSSR count). The van der Waals surface area contributed by atoms with E-state index in [4.69, 9.17) is 0 Å². The Morgan fingerprint density at radius 1 is 1.29 bits per heavy atom. The van der Waals surface area contributed by atoms with Gasteiger partial charge in [0.25, 0.3) is 5.91 Å². The first-order chi connectivity index (χ1) is 10.0. The first kappa shape index (κ1) is 15.9. The van der Waals surface area contributed by atoms with Crippen LogP contribution >= 0.6 is 0 Å². The zero-order chi connectivity index (χ0) is 15.4. The summed E-state index contributed by atoms with van der Waals surface area (Å²) in [6.07, 6.45) is 3.51. The average molecular weight is 288 g/mol. The van der Waals surface area contributed by atoms with E-state index in [1.165, 1.54) is 6.42 Å². The summed E-state index contributed by atoms with van der Waals surface area (Å²) in [6.45, 7) is 8.40. The molecule has 1 aromatic carbocycles. The molecule has 0 spiro atoms. The number of nitrogens with one attached hydrogen (secondary N) is 1. The summed E-state index contributed by atoms with van der Waals surface area (Å²) in [7, 11) is 1.90. The van der Waals surface area contributed by atoms with Crippen LogP contribution in [0.3, 0.4) is 0 Å². The second-order valence-corrected chi connectivity index (χ2v) is 6.51. The van der Waals surface area contributed by atoms with E-state index >= 15 is 0 Å². The van der Waals surface area contributed by atoms with Crippen LogP contribution in [0.5, 0.6) is 0 Å². The Balaban J connectivity index is 2.09. The molecule has 116 valence electrons. The van der Waals surface area contributed by atoms with E-state index in [1.54, 1.807) is 0 Å². The first-order valence-corrected chi connectivity index (χ1v) is 8.10. The Morgan fingerprint density at radius 3 is 2.67 bits per heavy atom. The Bertz CT molecular complexity index is 496. The van der Waals surface area contributed by atoms with Crippen LogP contribution in [0, 0.1) is 18.8 Å². The zero-order valence-corrected chi connectivity index (χ0v) is 13.8. The van der Waals surface area contributed by atoms with E-state index in [-0.39, 0.29) is 5.91 Å². The molecule has 0 bridgehead atoms. The number of amides is 1. The molecule has 1 aliphatic rings. The lowest BCUT2D eigenvalue weighted by Crippen LogP contribution is -2.32. The quantitative estimate of drug-likeness (QED) is 0.914. The lowest BCUT2D eigenvalue weighted by molar-refractivity contribution is 0.0758. The second-order valence-electron chi connectivity index (χ2n) is 6.51. The zero-order valence-electron chi connectivity index (χ0n) is 13.8. The van der Waals surface area contributed by atoms with Gasteiger partial charge in [0.05, 0.1) is 0 Å². The number of likely N-dealkylation sites (tertiary alicyclic amines) is 1. The minimum atomic E-state index is 0.194. The SMILES string of the molecule is CNc1ccc(C(=O)N2CCCC(C(C)C)CC2)c(C)c1. The molecular formula is C18H28N2O. The van der Waals surface area contributed by atoms with Gasteiger partial charge < -0.3 is 10.2 Å². The second kappa shape index (κ2) is 6.97. The fourth-order valence-corrected chi connectivity index (χ4v) is 3.22. The minimum absolute atomic E-state index is 0.194. The molecule has 1 atom stereocenters. The highest BCUT2D eigenvalue weighted by molar-refractivity contribution is 5.96. The van der Waals surface area contributed by atoms with E-state index in [0.29, 0.717) is 0 Å². The molecule has 1 unspecified atom stereocenters. The molecule has 1 heterocycles. The number of hydrogen-bond donors (Lipinski definition) is 1. The summed E-state index contributed by atoms with van der Waals surface area (Å²) >= 11 is 0. The molecule has 1 aromatic rings. The van der Waals surface area contributed by atoms with Crippen LogP contribution in [-0.2, 0) is 0 Å². The molecule has 0 aliphatic carbocycles. The van der Waals surface area contributed by atoms with Crippen molar-refractivity contribution < 1.29 is 4.79 Å². The van der Waals surface area contributed by atoms with Crippen molar-refractivity contribution >= 4 is 11.6 Å². The van der Waals surface area contributed by atoms with Crippen molar-refractivity contribution in [2.24, 2.45) is 11.8 Å². The van der Waals surface area contributed by atoms with Gasteiger partial charge >= 0.3 is 0 Å². The summed E-state index contributed by atoms with van der Waals surface area (Å²) in [5.74, 6) is 1.67. The number of benzene rings is 1. The highest BCUT2D eigenvalue weighted by Crippen LogP contribution is 2.26. The van der Waals surface area contributed by atoms with E-state index in [1.807, 2.05) is 37.1 Å².